The van der Waals surface area contributed by atoms with Crippen LogP contribution < -0.4 is 10.6 Å². The van der Waals surface area contributed by atoms with E-state index in [1.807, 2.05) is 27.7 Å². The number of nitrogens with zero attached hydrogens (tertiary/aromatic N) is 2. The van der Waals surface area contributed by atoms with Crippen molar-refractivity contribution in [2.75, 3.05) is 17.2 Å². The van der Waals surface area contributed by atoms with Crippen LogP contribution in [0.3, 0.4) is 0 Å². The molecule has 2 aromatic rings. The minimum atomic E-state index is -0.290. The summed E-state index contributed by atoms with van der Waals surface area (Å²) in [4.78, 5) is 8.94. The Morgan fingerprint density at radius 2 is 1.81 bits per heavy atom. The molecule has 0 aliphatic heterocycles. The highest BCUT2D eigenvalue weighted by Crippen LogP contribution is 2.25. The number of rotatable bonds is 5. The van der Waals surface area contributed by atoms with Crippen LogP contribution in [0, 0.1) is 19.7 Å². The van der Waals surface area contributed by atoms with Gasteiger partial charge in [0.1, 0.15) is 23.3 Å². The molecule has 0 atom stereocenters. The summed E-state index contributed by atoms with van der Waals surface area (Å²) in [6.45, 7) is 8.64. The van der Waals surface area contributed by atoms with Crippen molar-refractivity contribution in [1.82, 2.24) is 9.97 Å². The highest BCUT2D eigenvalue weighted by atomic mass is 19.1. The molecule has 0 fully saturated rings. The lowest BCUT2D eigenvalue weighted by atomic mass is 10.2. The van der Waals surface area contributed by atoms with Crippen LogP contribution in [-0.4, -0.2) is 16.5 Å². The predicted molar refractivity (Wildman–Crippen MR) is 84.7 cm³/mol. The van der Waals surface area contributed by atoms with Gasteiger partial charge in [-0.05, 0) is 38.5 Å². The lowest BCUT2D eigenvalue weighted by Crippen LogP contribution is -2.09. The van der Waals surface area contributed by atoms with Gasteiger partial charge in [0.2, 0.25) is 0 Å². The molecule has 2 N–H and O–H groups in total. The molecule has 112 valence electrons. The third-order valence-corrected chi connectivity index (χ3v) is 3.23. The van der Waals surface area contributed by atoms with Gasteiger partial charge in [-0.3, -0.25) is 0 Å². The molecule has 5 heteroatoms. The fourth-order valence-corrected chi connectivity index (χ4v) is 2.04. The average molecular weight is 288 g/mol. The van der Waals surface area contributed by atoms with E-state index in [9.17, 15) is 4.39 Å². The van der Waals surface area contributed by atoms with E-state index < -0.39 is 0 Å². The summed E-state index contributed by atoms with van der Waals surface area (Å²) in [5, 5.41) is 6.31. The van der Waals surface area contributed by atoms with Crippen LogP contribution in [0.4, 0.5) is 21.7 Å². The molecule has 1 aromatic heterocycles. The predicted octanol–water partition coefficient (Wildman–Crippen LogP) is 3.97. The van der Waals surface area contributed by atoms with Crippen LogP contribution in [0.15, 0.2) is 18.2 Å². The summed E-state index contributed by atoms with van der Waals surface area (Å²) in [6.07, 6.45) is 0.726. The summed E-state index contributed by atoms with van der Waals surface area (Å²) < 4.78 is 13.9. The maximum absolute atomic E-state index is 13.9. The van der Waals surface area contributed by atoms with E-state index in [0.717, 1.165) is 35.7 Å². The molecule has 0 spiro atoms. The summed E-state index contributed by atoms with van der Waals surface area (Å²) >= 11 is 0. The Bertz CT molecular complexity index is 640. The first-order valence-corrected chi connectivity index (χ1v) is 7.19. The smallest absolute Gasteiger partial charge is 0.146 e. The molecule has 0 aliphatic rings. The van der Waals surface area contributed by atoms with Crippen molar-refractivity contribution in [2.24, 2.45) is 0 Å². The molecule has 0 saturated heterocycles. The minimum absolute atomic E-state index is 0.290. The standard InChI is InChI=1S/C16H21FN4/c1-5-14-20-15(18-6-2)11(4)16(21-14)19-13-9-10(3)7-8-12(13)17/h7-9H,5-6H2,1-4H3,(H2,18,19,20,21). The molecular weight excluding hydrogens is 267 g/mol. The van der Waals surface area contributed by atoms with Gasteiger partial charge in [-0.25, -0.2) is 14.4 Å². The van der Waals surface area contributed by atoms with E-state index in [0.29, 0.717) is 11.5 Å². The molecule has 0 amide bonds. The van der Waals surface area contributed by atoms with E-state index in [1.54, 1.807) is 12.1 Å². The minimum Gasteiger partial charge on any atom is -0.370 e. The van der Waals surface area contributed by atoms with E-state index >= 15 is 0 Å². The Labute approximate surface area is 124 Å². The van der Waals surface area contributed by atoms with Crippen molar-refractivity contribution in [3.8, 4) is 0 Å². The summed E-state index contributed by atoms with van der Waals surface area (Å²) in [6, 6.07) is 4.98. The van der Waals surface area contributed by atoms with Crippen LogP contribution in [0.1, 0.15) is 30.8 Å². The first kappa shape index (κ1) is 15.2. The van der Waals surface area contributed by atoms with Crippen LogP contribution in [0.5, 0.6) is 0 Å². The maximum Gasteiger partial charge on any atom is 0.146 e. The van der Waals surface area contributed by atoms with Gasteiger partial charge >= 0.3 is 0 Å². The van der Waals surface area contributed by atoms with Crippen molar-refractivity contribution in [2.45, 2.75) is 34.1 Å². The molecule has 0 saturated carbocycles. The number of halogens is 1. The summed E-state index contributed by atoms with van der Waals surface area (Å²) in [5.41, 5.74) is 2.31. The zero-order valence-electron chi connectivity index (χ0n) is 12.9. The Morgan fingerprint density at radius 1 is 1.10 bits per heavy atom. The van der Waals surface area contributed by atoms with Crippen LogP contribution in [0.25, 0.3) is 0 Å². The summed E-state index contributed by atoms with van der Waals surface area (Å²) in [5.74, 6) is 1.87. The average Bonchev–Trinajstić information content (AvgIpc) is 2.47. The van der Waals surface area contributed by atoms with Crippen molar-refractivity contribution in [3.63, 3.8) is 0 Å². The number of hydrogen-bond acceptors (Lipinski definition) is 4. The summed E-state index contributed by atoms with van der Waals surface area (Å²) in [7, 11) is 0. The van der Waals surface area contributed by atoms with E-state index in [1.165, 1.54) is 6.07 Å². The molecule has 0 bridgehead atoms. The third kappa shape index (κ3) is 3.48. The second kappa shape index (κ2) is 6.52. The number of aryl methyl sites for hydroxylation is 2. The molecule has 0 radical (unpaired) electrons. The van der Waals surface area contributed by atoms with Crippen molar-refractivity contribution in [1.29, 1.82) is 0 Å². The quantitative estimate of drug-likeness (QED) is 0.874. The van der Waals surface area contributed by atoms with Gasteiger partial charge in [-0.1, -0.05) is 13.0 Å². The zero-order valence-corrected chi connectivity index (χ0v) is 12.9. The van der Waals surface area contributed by atoms with Gasteiger partial charge in [0.25, 0.3) is 0 Å². The van der Waals surface area contributed by atoms with Gasteiger partial charge in [0.05, 0.1) is 5.69 Å². The lowest BCUT2D eigenvalue weighted by molar-refractivity contribution is 0.631. The maximum atomic E-state index is 13.9. The van der Waals surface area contributed by atoms with Gasteiger partial charge in [-0.15, -0.1) is 0 Å². The Kier molecular flexibility index (Phi) is 4.73. The Morgan fingerprint density at radius 3 is 2.48 bits per heavy atom. The van der Waals surface area contributed by atoms with Gasteiger partial charge < -0.3 is 10.6 Å². The van der Waals surface area contributed by atoms with Gasteiger partial charge in [0, 0.05) is 18.5 Å². The van der Waals surface area contributed by atoms with Crippen LogP contribution >= 0.6 is 0 Å². The number of hydrogen-bond donors (Lipinski definition) is 2. The third-order valence-electron chi connectivity index (χ3n) is 3.23. The normalized spacial score (nSPS) is 10.5. The van der Waals surface area contributed by atoms with Gasteiger partial charge in [-0.2, -0.15) is 0 Å². The zero-order chi connectivity index (χ0) is 15.4. The molecule has 0 aliphatic carbocycles. The number of nitrogens with one attached hydrogen (secondary N) is 2. The first-order valence-electron chi connectivity index (χ1n) is 7.19. The number of anilines is 3. The monoisotopic (exact) mass is 288 g/mol. The number of aromatic nitrogens is 2. The molecule has 21 heavy (non-hydrogen) atoms. The molecule has 1 aromatic carbocycles. The Balaban J connectivity index is 2.43. The number of benzene rings is 1. The van der Waals surface area contributed by atoms with Crippen LogP contribution in [-0.2, 0) is 6.42 Å². The van der Waals surface area contributed by atoms with E-state index in [4.69, 9.17) is 0 Å². The second-order valence-corrected chi connectivity index (χ2v) is 4.95. The highest BCUT2D eigenvalue weighted by molar-refractivity contribution is 5.65. The Hall–Kier alpha value is -2.17. The van der Waals surface area contributed by atoms with E-state index in [2.05, 4.69) is 20.6 Å². The SMILES string of the molecule is CCNc1nc(CC)nc(Nc2cc(C)ccc2F)c1C. The first-order chi connectivity index (χ1) is 10.0. The van der Waals surface area contributed by atoms with Crippen molar-refractivity contribution >= 4 is 17.3 Å². The molecule has 4 nitrogen and oxygen atoms in total. The fourth-order valence-electron chi connectivity index (χ4n) is 2.04. The molecular formula is C16H21FN4. The highest BCUT2D eigenvalue weighted by Gasteiger charge is 2.12. The molecule has 2 rings (SSSR count). The van der Waals surface area contributed by atoms with Crippen molar-refractivity contribution < 1.29 is 4.39 Å². The second-order valence-electron chi connectivity index (χ2n) is 4.95. The topological polar surface area (TPSA) is 49.8 Å². The van der Waals surface area contributed by atoms with E-state index in [-0.39, 0.29) is 5.82 Å². The molecule has 1 heterocycles. The van der Waals surface area contributed by atoms with Gasteiger partial charge in [0.15, 0.2) is 0 Å². The fraction of sp³-hybridized carbons (Fsp3) is 0.375. The van der Waals surface area contributed by atoms with Crippen molar-refractivity contribution in [3.05, 3.63) is 41.0 Å². The molecule has 0 unspecified atom stereocenters. The van der Waals surface area contributed by atoms with Crippen LogP contribution in [0.2, 0.25) is 0 Å². The lowest BCUT2D eigenvalue weighted by Gasteiger charge is -2.15. The largest absolute Gasteiger partial charge is 0.370 e.